The molecule has 1 aromatic heterocycles. The van der Waals surface area contributed by atoms with Crippen LogP contribution in [0, 0.1) is 0 Å². The monoisotopic (exact) mass is 484 g/mol. The topological polar surface area (TPSA) is 57.9 Å². The number of nitrogens with one attached hydrogen (secondary N) is 1. The predicted octanol–water partition coefficient (Wildman–Crippen LogP) is 2.30. The van der Waals surface area contributed by atoms with Gasteiger partial charge in [-0.15, -0.1) is 24.0 Å². The Morgan fingerprint density at radius 2 is 2.04 bits per heavy atom. The molecule has 0 bridgehead atoms. The summed E-state index contributed by atoms with van der Waals surface area (Å²) in [5.41, 5.74) is 1.21. The van der Waals surface area contributed by atoms with Gasteiger partial charge in [0.05, 0.1) is 7.11 Å². The molecule has 0 unspecified atom stereocenters. The van der Waals surface area contributed by atoms with Crippen molar-refractivity contribution in [2.24, 2.45) is 4.99 Å². The quantitative estimate of drug-likeness (QED) is 0.295. The lowest BCUT2D eigenvalue weighted by Gasteiger charge is -2.37. The Morgan fingerprint density at radius 1 is 1.22 bits per heavy atom. The fraction of sp³-hybridized carbons (Fsp3) is 0.474. The third kappa shape index (κ3) is 6.02. The summed E-state index contributed by atoms with van der Waals surface area (Å²) in [5.74, 6) is 1.88. The second-order valence-corrected chi connectivity index (χ2v) is 6.27. The molecule has 7 nitrogen and oxygen atoms in total. The Balaban J connectivity index is 0.00000261. The number of methoxy groups -OCH3 is 1. The van der Waals surface area contributed by atoms with Gasteiger partial charge in [0.25, 0.3) is 0 Å². The first-order chi connectivity index (χ1) is 12.8. The summed E-state index contributed by atoms with van der Waals surface area (Å²) in [5, 5.41) is 7.70. The predicted molar refractivity (Wildman–Crippen MR) is 120 cm³/mol. The van der Waals surface area contributed by atoms with E-state index in [4.69, 9.17) is 4.74 Å². The largest absolute Gasteiger partial charge is 0.497 e. The summed E-state index contributed by atoms with van der Waals surface area (Å²) in [6.07, 6.45) is 4.82. The van der Waals surface area contributed by atoms with E-state index in [0.29, 0.717) is 0 Å². The van der Waals surface area contributed by atoms with Crippen molar-refractivity contribution in [2.45, 2.75) is 13.0 Å². The van der Waals surface area contributed by atoms with E-state index in [1.165, 1.54) is 5.69 Å². The molecule has 0 aliphatic carbocycles. The van der Waals surface area contributed by atoms with Crippen molar-refractivity contribution in [3.8, 4) is 5.75 Å². The Hall–Kier alpha value is -1.97. The SMILES string of the molecule is CN=C(NCCCn1cccn1)N1CCN(c2cccc(OC)c2)CC1.I. The average Bonchev–Trinajstić information content (AvgIpc) is 3.22. The molecule has 8 heteroatoms. The molecular formula is C19H29IN6O. The Kier molecular flexibility index (Phi) is 8.70. The van der Waals surface area contributed by atoms with Gasteiger partial charge in [-0.05, 0) is 24.6 Å². The van der Waals surface area contributed by atoms with Crippen LogP contribution >= 0.6 is 24.0 Å². The number of guanidine groups is 1. The van der Waals surface area contributed by atoms with Crippen LogP contribution < -0.4 is 15.0 Å². The van der Waals surface area contributed by atoms with Crippen LogP contribution in [0.1, 0.15) is 6.42 Å². The number of aliphatic imine (C=N–C) groups is 1. The number of hydrogen-bond acceptors (Lipinski definition) is 4. The van der Waals surface area contributed by atoms with Gasteiger partial charge in [-0.1, -0.05) is 6.07 Å². The second kappa shape index (κ2) is 11.0. The van der Waals surface area contributed by atoms with Gasteiger partial charge in [0.15, 0.2) is 5.96 Å². The Bertz CT molecular complexity index is 698. The molecule has 1 saturated heterocycles. The number of aryl methyl sites for hydroxylation is 1. The summed E-state index contributed by atoms with van der Waals surface area (Å²) in [7, 11) is 3.56. The zero-order valence-electron chi connectivity index (χ0n) is 16.0. The molecule has 1 aliphatic heterocycles. The van der Waals surface area contributed by atoms with Crippen molar-refractivity contribution < 1.29 is 4.74 Å². The first-order valence-corrected chi connectivity index (χ1v) is 9.12. The smallest absolute Gasteiger partial charge is 0.193 e. The first kappa shape index (κ1) is 21.3. The van der Waals surface area contributed by atoms with E-state index >= 15 is 0 Å². The van der Waals surface area contributed by atoms with Crippen LogP contribution in [-0.2, 0) is 6.54 Å². The number of ether oxygens (including phenoxy) is 1. The van der Waals surface area contributed by atoms with E-state index in [9.17, 15) is 0 Å². The summed E-state index contributed by atoms with van der Waals surface area (Å²) < 4.78 is 7.29. The highest BCUT2D eigenvalue weighted by atomic mass is 127. The lowest BCUT2D eigenvalue weighted by Crippen LogP contribution is -2.52. The summed E-state index contributed by atoms with van der Waals surface area (Å²) >= 11 is 0. The zero-order chi connectivity index (χ0) is 18.2. The number of piperazine rings is 1. The minimum absolute atomic E-state index is 0. The molecule has 0 amide bonds. The van der Waals surface area contributed by atoms with E-state index in [1.807, 2.05) is 42.3 Å². The van der Waals surface area contributed by atoms with Crippen LogP contribution in [0.15, 0.2) is 47.7 Å². The normalized spacial score (nSPS) is 14.7. The van der Waals surface area contributed by atoms with Gasteiger partial charge in [-0.25, -0.2) is 0 Å². The van der Waals surface area contributed by atoms with Crippen LogP contribution in [0.25, 0.3) is 0 Å². The average molecular weight is 484 g/mol. The number of rotatable bonds is 6. The molecule has 1 aliphatic rings. The summed E-state index contributed by atoms with van der Waals surface area (Å²) in [4.78, 5) is 9.16. The number of hydrogen-bond donors (Lipinski definition) is 1. The van der Waals surface area contributed by atoms with Crippen molar-refractivity contribution in [1.82, 2.24) is 20.0 Å². The molecule has 0 atom stereocenters. The van der Waals surface area contributed by atoms with Crippen LogP contribution in [0.2, 0.25) is 0 Å². The van der Waals surface area contributed by atoms with Crippen molar-refractivity contribution in [3.63, 3.8) is 0 Å². The minimum Gasteiger partial charge on any atom is -0.497 e. The molecule has 1 fully saturated rings. The molecule has 148 valence electrons. The highest BCUT2D eigenvalue weighted by Gasteiger charge is 2.19. The number of nitrogens with zero attached hydrogens (tertiary/aromatic N) is 5. The fourth-order valence-electron chi connectivity index (χ4n) is 3.19. The van der Waals surface area contributed by atoms with Gasteiger partial charge in [0.1, 0.15) is 5.75 Å². The van der Waals surface area contributed by atoms with Gasteiger partial charge in [0.2, 0.25) is 0 Å². The maximum atomic E-state index is 5.33. The van der Waals surface area contributed by atoms with E-state index < -0.39 is 0 Å². The van der Waals surface area contributed by atoms with Gasteiger partial charge in [0, 0.05) is 70.5 Å². The highest BCUT2D eigenvalue weighted by Crippen LogP contribution is 2.22. The molecule has 1 aromatic carbocycles. The van der Waals surface area contributed by atoms with Crippen molar-refractivity contribution in [2.75, 3.05) is 51.8 Å². The standard InChI is InChI=1S/C19H28N6O.HI/c1-20-19(21-8-4-10-25-11-5-9-22-25)24-14-12-23(13-15-24)17-6-3-7-18(16-17)26-2;/h3,5-7,9,11,16H,4,8,10,12-15H2,1-2H3,(H,20,21);1H. The first-order valence-electron chi connectivity index (χ1n) is 9.12. The second-order valence-electron chi connectivity index (χ2n) is 6.27. The molecule has 2 aromatic rings. The highest BCUT2D eigenvalue weighted by molar-refractivity contribution is 14.0. The molecule has 27 heavy (non-hydrogen) atoms. The molecule has 2 heterocycles. The Morgan fingerprint density at radius 3 is 2.70 bits per heavy atom. The third-order valence-electron chi connectivity index (χ3n) is 4.62. The van der Waals surface area contributed by atoms with Crippen LogP contribution in [0.3, 0.4) is 0 Å². The number of aromatic nitrogens is 2. The molecule has 1 N–H and O–H groups in total. The summed E-state index contributed by atoms with van der Waals surface area (Å²) in [6, 6.07) is 10.2. The third-order valence-corrected chi connectivity index (χ3v) is 4.62. The maximum absolute atomic E-state index is 5.33. The van der Waals surface area contributed by atoms with E-state index in [1.54, 1.807) is 7.11 Å². The van der Waals surface area contributed by atoms with Gasteiger partial charge < -0.3 is 19.9 Å². The van der Waals surface area contributed by atoms with Crippen molar-refractivity contribution >= 4 is 35.6 Å². The maximum Gasteiger partial charge on any atom is 0.193 e. The van der Waals surface area contributed by atoms with Crippen LogP contribution in [0.5, 0.6) is 5.75 Å². The summed E-state index contributed by atoms with van der Waals surface area (Å²) in [6.45, 7) is 5.66. The van der Waals surface area contributed by atoms with Crippen LogP contribution in [-0.4, -0.2) is 67.5 Å². The Labute approximate surface area is 178 Å². The zero-order valence-corrected chi connectivity index (χ0v) is 18.4. The number of halogens is 1. The minimum atomic E-state index is 0. The van der Waals surface area contributed by atoms with Crippen LogP contribution in [0.4, 0.5) is 5.69 Å². The van der Waals surface area contributed by atoms with E-state index in [-0.39, 0.29) is 24.0 Å². The van der Waals surface area contributed by atoms with Crippen molar-refractivity contribution in [1.29, 1.82) is 0 Å². The van der Waals surface area contributed by atoms with E-state index in [2.05, 4.69) is 37.3 Å². The van der Waals surface area contributed by atoms with Gasteiger partial charge in [-0.2, -0.15) is 5.10 Å². The van der Waals surface area contributed by atoms with Crippen molar-refractivity contribution in [3.05, 3.63) is 42.7 Å². The number of benzene rings is 1. The lowest BCUT2D eigenvalue weighted by atomic mass is 10.2. The molecule has 0 spiro atoms. The molecular weight excluding hydrogens is 455 g/mol. The lowest BCUT2D eigenvalue weighted by molar-refractivity contribution is 0.371. The van der Waals surface area contributed by atoms with Gasteiger partial charge >= 0.3 is 0 Å². The number of anilines is 1. The van der Waals surface area contributed by atoms with Gasteiger partial charge in [-0.3, -0.25) is 9.67 Å². The molecule has 0 radical (unpaired) electrons. The molecule has 3 rings (SSSR count). The molecule has 0 saturated carbocycles. The van der Waals surface area contributed by atoms with E-state index in [0.717, 1.165) is 57.4 Å². The fourth-order valence-corrected chi connectivity index (χ4v) is 3.19.